The van der Waals surface area contributed by atoms with E-state index in [4.69, 9.17) is 0 Å². The molecule has 0 spiro atoms. The molecule has 21 heavy (non-hydrogen) atoms. The molecule has 7 heteroatoms. The molecular formula is C14H20N2O5. The van der Waals surface area contributed by atoms with Gasteiger partial charge in [0.1, 0.15) is 0 Å². The number of benzene rings is 1. The Morgan fingerprint density at radius 1 is 1.00 bits per heavy atom. The Hall–Kier alpha value is -2.18. The van der Waals surface area contributed by atoms with Gasteiger partial charge in [0.25, 0.3) is 5.69 Å². The van der Waals surface area contributed by atoms with E-state index in [-0.39, 0.29) is 11.3 Å². The SMILES string of the molecule is CCCCCCCCc1cc([N+](=O)[O-])cc([N+](=O)[O-])c1O. The van der Waals surface area contributed by atoms with E-state index in [1.165, 1.54) is 12.5 Å². The molecule has 0 fully saturated rings. The van der Waals surface area contributed by atoms with E-state index in [2.05, 4.69) is 6.92 Å². The summed E-state index contributed by atoms with van der Waals surface area (Å²) in [6, 6.07) is 2.01. The number of nitro groups is 2. The van der Waals surface area contributed by atoms with Gasteiger partial charge in [-0.15, -0.1) is 0 Å². The molecule has 1 aromatic rings. The predicted octanol–water partition coefficient (Wildman–Crippen LogP) is 4.11. The van der Waals surface area contributed by atoms with Gasteiger partial charge in [-0.05, 0) is 12.8 Å². The second-order valence-electron chi connectivity index (χ2n) is 5.00. The third kappa shape index (κ3) is 5.02. The molecule has 116 valence electrons. The zero-order chi connectivity index (χ0) is 15.8. The Labute approximate surface area is 122 Å². The monoisotopic (exact) mass is 296 g/mol. The first-order valence-corrected chi connectivity index (χ1v) is 7.12. The molecule has 0 aliphatic rings. The quantitative estimate of drug-likeness (QED) is 0.419. The van der Waals surface area contributed by atoms with E-state index in [9.17, 15) is 25.3 Å². The summed E-state index contributed by atoms with van der Waals surface area (Å²) in [5.41, 5.74) is -0.697. The Morgan fingerprint density at radius 2 is 1.62 bits per heavy atom. The fraction of sp³-hybridized carbons (Fsp3) is 0.571. The topological polar surface area (TPSA) is 107 Å². The highest BCUT2D eigenvalue weighted by Gasteiger charge is 2.23. The van der Waals surface area contributed by atoms with Crippen molar-refractivity contribution in [2.45, 2.75) is 51.9 Å². The number of hydrogen-bond donors (Lipinski definition) is 1. The molecule has 0 heterocycles. The number of unbranched alkanes of at least 4 members (excludes halogenated alkanes) is 5. The van der Waals surface area contributed by atoms with E-state index in [0.29, 0.717) is 6.42 Å². The first-order valence-electron chi connectivity index (χ1n) is 7.12. The molecule has 0 amide bonds. The highest BCUT2D eigenvalue weighted by molar-refractivity contribution is 5.57. The number of rotatable bonds is 9. The van der Waals surface area contributed by atoms with Crippen LogP contribution in [0.3, 0.4) is 0 Å². The fourth-order valence-corrected chi connectivity index (χ4v) is 2.19. The van der Waals surface area contributed by atoms with Gasteiger partial charge in [0.15, 0.2) is 5.75 Å². The molecule has 7 nitrogen and oxygen atoms in total. The van der Waals surface area contributed by atoms with Crippen molar-refractivity contribution in [3.8, 4) is 5.75 Å². The number of hydrogen-bond acceptors (Lipinski definition) is 5. The highest BCUT2D eigenvalue weighted by atomic mass is 16.6. The van der Waals surface area contributed by atoms with Crippen molar-refractivity contribution in [2.75, 3.05) is 0 Å². The average molecular weight is 296 g/mol. The third-order valence-corrected chi connectivity index (χ3v) is 3.36. The second-order valence-corrected chi connectivity index (χ2v) is 5.00. The van der Waals surface area contributed by atoms with Crippen molar-refractivity contribution in [3.05, 3.63) is 37.9 Å². The van der Waals surface area contributed by atoms with Crippen molar-refractivity contribution in [2.24, 2.45) is 0 Å². The summed E-state index contributed by atoms with van der Waals surface area (Å²) in [6.45, 7) is 2.13. The first kappa shape index (κ1) is 16.9. The molecule has 1 rings (SSSR count). The van der Waals surface area contributed by atoms with Crippen LogP contribution in [0.4, 0.5) is 11.4 Å². The largest absolute Gasteiger partial charge is 0.502 e. The minimum atomic E-state index is -0.799. The van der Waals surface area contributed by atoms with E-state index in [1.54, 1.807) is 0 Å². The van der Waals surface area contributed by atoms with Gasteiger partial charge in [-0.2, -0.15) is 0 Å². The zero-order valence-corrected chi connectivity index (χ0v) is 12.1. The predicted molar refractivity (Wildman–Crippen MR) is 78.5 cm³/mol. The third-order valence-electron chi connectivity index (χ3n) is 3.36. The summed E-state index contributed by atoms with van der Waals surface area (Å²) in [5, 5.41) is 31.5. The lowest BCUT2D eigenvalue weighted by atomic mass is 10.0. The summed E-state index contributed by atoms with van der Waals surface area (Å²) in [5.74, 6) is -0.459. The maximum Gasteiger partial charge on any atom is 0.317 e. The second kappa shape index (κ2) is 8.18. The number of phenolic OH excluding ortho intramolecular Hbond substituents is 1. The molecule has 1 N–H and O–H groups in total. The van der Waals surface area contributed by atoms with E-state index in [1.807, 2.05) is 0 Å². The summed E-state index contributed by atoms with van der Waals surface area (Å²) < 4.78 is 0. The Bertz CT molecular complexity index is 516. The number of nitrogens with zero attached hydrogens (tertiary/aromatic N) is 2. The molecule has 1 aromatic carbocycles. The first-order chi connectivity index (χ1) is 9.97. The summed E-state index contributed by atoms with van der Waals surface area (Å²) in [7, 11) is 0. The molecule has 0 saturated heterocycles. The van der Waals surface area contributed by atoms with Gasteiger partial charge < -0.3 is 5.11 Å². The van der Waals surface area contributed by atoms with Crippen LogP contribution < -0.4 is 0 Å². The molecule has 0 aliphatic heterocycles. The van der Waals surface area contributed by atoms with Crippen LogP contribution in [0.15, 0.2) is 12.1 Å². The van der Waals surface area contributed by atoms with Crippen LogP contribution in [-0.2, 0) is 6.42 Å². The van der Waals surface area contributed by atoms with Gasteiger partial charge in [-0.1, -0.05) is 39.0 Å². The van der Waals surface area contributed by atoms with Gasteiger partial charge in [0, 0.05) is 11.6 Å². The minimum Gasteiger partial charge on any atom is -0.502 e. The summed E-state index contributed by atoms with van der Waals surface area (Å²) in [4.78, 5) is 20.1. The molecule has 0 unspecified atom stereocenters. The normalized spacial score (nSPS) is 10.5. The van der Waals surface area contributed by atoms with E-state index in [0.717, 1.165) is 38.2 Å². The number of nitro benzene ring substituents is 2. The molecule has 0 bridgehead atoms. The van der Waals surface area contributed by atoms with Crippen LogP contribution >= 0.6 is 0 Å². The molecule has 0 atom stereocenters. The van der Waals surface area contributed by atoms with Gasteiger partial charge >= 0.3 is 5.69 Å². The smallest absolute Gasteiger partial charge is 0.317 e. The van der Waals surface area contributed by atoms with Gasteiger partial charge in [0.2, 0.25) is 0 Å². The average Bonchev–Trinajstić information content (AvgIpc) is 2.43. The van der Waals surface area contributed by atoms with Crippen LogP contribution in [-0.4, -0.2) is 15.0 Å². The number of aryl methyl sites for hydroxylation is 1. The Balaban J connectivity index is 2.76. The van der Waals surface area contributed by atoms with Crippen LogP contribution in [0.5, 0.6) is 5.75 Å². The molecule has 0 aliphatic carbocycles. The summed E-state index contributed by atoms with van der Waals surface area (Å²) >= 11 is 0. The number of phenols is 1. The van der Waals surface area contributed by atoms with Crippen LogP contribution in [0.2, 0.25) is 0 Å². The maximum atomic E-state index is 10.8. The lowest BCUT2D eigenvalue weighted by Gasteiger charge is -2.05. The Kier molecular flexibility index (Phi) is 6.58. The molecule has 0 aromatic heterocycles. The van der Waals surface area contributed by atoms with Gasteiger partial charge in [0.05, 0.1) is 15.9 Å². The summed E-state index contributed by atoms with van der Waals surface area (Å²) in [6.07, 6.45) is 6.61. The lowest BCUT2D eigenvalue weighted by Crippen LogP contribution is -1.97. The van der Waals surface area contributed by atoms with Gasteiger partial charge in [-0.3, -0.25) is 20.2 Å². The molecule has 0 saturated carbocycles. The lowest BCUT2D eigenvalue weighted by molar-refractivity contribution is -0.394. The van der Waals surface area contributed by atoms with Gasteiger partial charge in [-0.25, -0.2) is 0 Å². The van der Waals surface area contributed by atoms with Crippen molar-refractivity contribution >= 4 is 11.4 Å². The number of aromatic hydroxyl groups is 1. The van der Waals surface area contributed by atoms with Crippen molar-refractivity contribution < 1.29 is 15.0 Å². The van der Waals surface area contributed by atoms with Crippen LogP contribution in [0.1, 0.15) is 51.0 Å². The van der Waals surface area contributed by atoms with Crippen LogP contribution in [0.25, 0.3) is 0 Å². The van der Waals surface area contributed by atoms with Crippen molar-refractivity contribution in [1.29, 1.82) is 0 Å². The molecule has 0 radical (unpaired) electrons. The van der Waals surface area contributed by atoms with Crippen molar-refractivity contribution in [1.82, 2.24) is 0 Å². The van der Waals surface area contributed by atoms with Crippen molar-refractivity contribution in [3.63, 3.8) is 0 Å². The number of non-ortho nitro benzene ring substituents is 1. The fourth-order valence-electron chi connectivity index (χ4n) is 2.19. The van der Waals surface area contributed by atoms with E-state index < -0.39 is 21.3 Å². The maximum absolute atomic E-state index is 10.8. The van der Waals surface area contributed by atoms with E-state index >= 15 is 0 Å². The zero-order valence-electron chi connectivity index (χ0n) is 12.1. The molecular weight excluding hydrogens is 276 g/mol. The Morgan fingerprint density at radius 3 is 2.19 bits per heavy atom. The standard InChI is InChI=1S/C14H20N2O5/c1-2-3-4-5-6-7-8-11-9-12(15(18)19)10-13(14(11)17)16(20)21/h9-10,17H,2-8H2,1H3. The minimum absolute atomic E-state index is 0.270. The van der Waals surface area contributed by atoms with Crippen LogP contribution in [0, 0.1) is 20.2 Å². The highest BCUT2D eigenvalue weighted by Crippen LogP contribution is 2.35.